The Labute approximate surface area is 99.9 Å². The molecular weight excluding hydrogens is 202 g/mol. The Bertz CT molecular complexity index is 171. The number of nitrogens with one attached hydrogen (secondary N) is 1. The Hall–Kier alpha value is -0.120. The van der Waals surface area contributed by atoms with E-state index in [0.717, 1.165) is 19.2 Å². The Morgan fingerprint density at radius 3 is 2.38 bits per heavy atom. The van der Waals surface area contributed by atoms with E-state index in [4.69, 9.17) is 9.47 Å². The summed E-state index contributed by atoms with van der Waals surface area (Å²) in [5.41, 5.74) is -0.0501. The molecule has 0 radical (unpaired) electrons. The second-order valence-electron chi connectivity index (χ2n) is 5.51. The number of ether oxygens (including phenoxy) is 2. The first kappa shape index (κ1) is 13.9. The van der Waals surface area contributed by atoms with Crippen LogP contribution in [0.2, 0.25) is 0 Å². The molecule has 0 heterocycles. The number of hydrogen-bond acceptors (Lipinski definition) is 3. The molecule has 0 amide bonds. The van der Waals surface area contributed by atoms with Crippen LogP contribution in [0.15, 0.2) is 0 Å². The molecule has 3 nitrogen and oxygen atoms in total. The van der Waals surface area contributed by atoms with Gasteiger partial charge in [0, 0.05) is 12.6 Å². The molecule has 0 spiro atoms. The van der Waals surface area contributed by atoms with Crippen LogP contribution in [0, 0.1) is 0 Å². The molecule has 3 heteroatoms. The maximum atomic E-state index is 5.56. The minimum absolute atomic E-state index is 0.0501. The summed E-state index contributed by atoms with van der Waals surface area (Å²) in [4.78, 5) is 0. The summed E-state index contributed by atoms with van der Waals surface area (Å²) in [6.45, 7) is 9.35. The van der Waals surface area contributed by atoms with E-state index in [1.165, 1.54) is 25.7 Å². The van der Waals surface area contributed by atoms with Crippen LogP contribution < -0.4 is 5.32 Å². The smallest absolute Gasteiger partial charge is 0.0707 e. The molecule has 1 N–H and O–H groups in total. The lowest BCUT2D eigenvalue weighted by Crippen LogP contribution is -2.30. The van der Waals surface area contributed by atoms with Crippen molar-refractivity contribution in [3.05, 3.63) is 0 Å². The van der Waals surface area contributed by atoms with Gasteiger partial charge in [-0.25, -0.2) is 0 Å². The standard InChI is InChI=1S/C13H27NO2/c1-13(2,3)16-11-10-15-9-8-14-12-6-4-5-7-12/h12,14H,4-11H2,1-3H3. The van der Waals surface area contributed by atoms with Crippen LogP contribution >= 0.6 is 0 Å². The van der Waals surface area contributed by atoms with Gasteiger partial charge in [-0.2, -0.15) is 0 Å². The minimum atomic E-state index is -0.0501. The van der Waals surface area contributed by atoms with Crippen LogP contribution in [0.25, 0.3) is 0 Å². The third kappa shape index (κ3) is 7.20. The molecule has 1 fully saturated rings. The van der Waals surface area contributed by atoms with Gasteiger partial charge in [-0.05, 0) is 33.6 Å². The zero-order valence-electron chi connectivity index (χ0n) is 11.1. The van der Waals surface area contributed by atoms with Crippen LogP contribution in [-0.4, -0.2) is 38.0 Å². The van der Waals surface area contributed by atoms with Gasteiger partial charge in [0.25, 0.3) is 0 Å². The van der Waals surface area contributed by atoms with Crippen LogP contribution in [-0.2, 0) is 9.47 Å². The topological polar surface area (TPSA) is 30.5 Å². The molecule has 0 aliphatic heterocycles. The van der Waals surface area contributed by atoms with Crippen molar-refractivity contribution in [3.63, 3.8) is 0 Å². The molecule has 1 aliphatic rings. The van der Waals surface area contributed by atoms with Crippen LogP contribution in [0.5, 0.6) is 0 Å². The summed E-state index contributed by atoms with van der Waals surface area (Å²) in [6, 6.07) is 0.745. The second kappa shape index (κ2) is 7.25. The fourth-order valence-corrected chi connectivity index (χ4v) is 1.97. The van der Waals surface area contributed by atoms with E-state index in [1.807, 2.05) is 0 Å². The predicted molar refractivity (Wildman–Crippen MR) is 66.8 cm³/mol. The monoisotopic (exact) mass is 229 g/mol. The first-order valence-corrected chi connectivity index (χ1v) is 6.53. The third-order valence-electron chi connectivity index (χ3n) is 2.80. The molecule has 0 saturated heterocycles. The third-order valence-corrected chi connectivity index (χ3v) is 2.80. The van der Waals surface area contributed by atoms with Crippen LogP contribution in [0.4, 0.5) is 0 Å². The molecule has 0 bridgehead atoms. The van der Waals surface area contributed by atoms with Crippen molar-refractivity contribution in [1.82, 2.24) is 5.32 Å². The van der Waals surface area contributed by atoms with Crippen molar-refractivity contribution >= 4 is 0 Å². The molecule has 96 valence electrons. The van der Waals surface area contributed by atoms with Crippen LogP contribution in [0.1, 0.15) is 46.5 Å². The zero-order valence-corrected chi connectivity index (χ0v) is 11.1. The highest BCUT2D eigenvalue weighted by Gasteiger charge is 2.13. The minimum Gasteiger partial charge on any atom is -0.378 e. The summed E-state index contributed by atoms with van der Waals surface area (Å²) in [5.74, 6) is 0. The molecule has 1 saturated carbocycles. The maximum absolute atomic E-state index is 5.56. The quantitative estimate of drug-likeness (QED) is 0.680. The fraction of sp³-hybridized carbons (Fsp3) is 1.00. The van der Waals surface area contributed by atoms with Crippen molar-refractivity contribution in [2.24, 2.45) is 0 Å². The summed E-state index contributed by atoms with van der Waals surface area (Å²) < 4.78 is 11.1. The molecule has 0 aromatic heterocycles. The Kier molecular flexibility index (Phi) is 6.32. The molecule has 0 atom stereocenters. The molecule has 16 heavy (non-hydrogen) atoms. The molecule has 1 rings (SSSR count). The normalized spacial score (nSPS) is 18.2. The molecule has 0 aromatic carbocycles. The first-order chi connectivity index (χ1) is 7.58. The van der Waals surface area contributed by atoms with Gasteiger partial charge in [-0.1, -0.05) is 12.8 Å². The van der Waals surface area contributed by atoms with E-state index in [1.54, 1.807) is 0 Å². The van der Waals surface area contributed by atoms with E-state index in [-0.39, 0.29) is 5.60 Å². The van der Waals surface area contributed by atoms with Crippen molar-refractivity contribution in [2.75, 3.05) is 26.4 Å². The number of hydrogen-bond donors (Lipinski definition) is 1. The van der Waals surface area contributed by atoms with E-state index in [2.05, 4.69) is 26.1 Å². The second-order valence-corrected chi connectivity index (χ2v) is 5.51. The van der Waals surface area contributed by atoms with Gasteiger partial charge in [0.15, 0.2) is 0 Å². The van der Waals surface area contributed by atoms with Gasteiger partial charge in [0.2, 0.25) is 0 Å². The van der Waals surface area contributed by atoms with Gasteiger partial charge < -0.3 is 14.8 Å². The summed E-state index contributed by atoms with van der Waals surface area (Å²) in [7, 11) is 0. The Morgan fingerprint density at radius 1 is 1.06 bits per heavy atom. The van der Waals surface area contributed by atoms with E-state index >= 15 is 0 Å². The van der Waals surface area contributed by atoms with Gasteiger partial charge >= 0.3 is 0 Å². The van der Waals surface area contributed by atoms with Crippen molar-refractivity contribution < 1.29 is 9.47 Å². The van der Waals surface area contributed by atoms with Crippen molar-refractivity contribution in [1.29, 1.82) is 0 Å². The maximum Gasteiger partial charge on any atom is 0.0707 e. The first-order valence-electron chi connectivity index (χ1n) is 6.53. The molecule has 0 unspecified atom stereocenters. The summed E-state index contributed by atoms with van der Waals surface area (Å²) >= 11 is 0. The highest BCUT2D eigenvalue weighted by Crippen LogP contribution is 2.17. The summed E-state index contributed by atoms with van der Waals surface area (Å²) in [6.07, 6.45) is 5.45. The van der Waals surface area contributed by atoms with E-state index < -0.39 is 0 Å². The average Bonchev–Trinajstić information content (AvgIpc) is 2.67. The van der Waals surface area contributed by atoms with E-state index in [9.17, 15) is 0 Å². The Morgan fingerprint density at radius 2 is 1.75 bits per heavy atom. The largest absolute Gasteiger partial charge is 0.378 e. The average molecular weight is 229 g/mol. The lowest BCUT2D eigenvalue weighted by atomic mass is 10.2. The van der Waals surface area contributed by atoms with Gasteiger partial charge in [0.1, 0.15) is 0 Å². The Balaban J connectivity index is 1.81. The lowest BCUT2D eigenvalue weighted by molar-refractivity contribution is -0.0344. The van der Waals surface area contributed by atoms with E-state index in [0.29, 0.717) is 13.2 Å². The summed E-state index contributed by atoms with van der Waals surface area (Å²) in [5, 5.41) is 3.52. The van der Waals surface area contributed by atoms with Gasteiger partial charge in [-0.15, -0.1) is 0 Å². The predicted octanol–water partition coefficient (Wildman–Crippen LogP) is 2.35. The fourth-order valence-electron chi connectivity index (χ4n) is 1.97. The van der Waals surface area contributed by atoms with Crippen molar-refractivity contribution in [3.8, 4) is 0 Å². The molecule has 0 aromatic rings. The SMILES string of the molecule is CC(C)(C)OCCOCCNC1CCCC1. The number of rotatable bonds is 7. The lowest BCUT2D eigenvalue weighted by Gasteiger charge is -2.19. The highest BCUT2D eigenvalue weighted by atomic mass is 16.5. The zero-order chi connectivity index (χ0) is 11.9. The highest BCUT2D eigenvalue weighted by molar-refractivity contribution is 4.72. The molecular formula is C13H27NO2. The van der Waals surface area contributed by atoms with Crippen LogP contribution in [0.3, 0.4) is 0 Å². The molecule has 1 aliphatic carbocycles. The van der Waals surface area contributed by atoms with Gasteiger partial charge in [0.05, 0.1) is 25.4 Å². The van der Waals surface area contributed by atoms with Crippen molar-refractivity contribution in [2.45, 2.75) is 58.1 Å². The van der Waals surface area contributed by atoms with Gasteiger partial charge in [-0.3, -0.25) is 0 Å².